The molecule has 1 aromatic carbocycles. The van der Waals surface area contributed by atoms with Crippen LogP contribution in [-0.2, 0) is 16.6 Å². The SMILES string of the molecule is Cc1nc(NS(=O)(=O)c2cccc(CO)c2)sc1C. The molecular weight excluding hydrogens is 284 g/mol. The van der Waals surface area contributed by atoms with E-state index in [0.717, 1.165) is 10.6 Å². The number of anilines is 1. The molecule has 1 heterocycles. The Bertz CT molecular complexity index is 673. The number of aromatic nitrogens is 1. The van der Waals surface area contributed by atoms with E-state index in [1.807, 2.05) is 13.8 Å². The Labute approximate surface area is 116 Å². The number of nitrogens with zero attached hydrogens (tertiary/aromatic N) is 1. The predicted octanol–water partition coefficient (Wildman–Crippen LogP) is 2.05. The molecular formula is C12H14N2O3S2. The van der Waals surface area contributed by atoms with Gasteiger partial charge in [0.1, 0.15) is 0 Å². The summed E-state index contributed by atoms with van der Waals surface area (Å²) in [4.78, 5) is 5.23. The smallest absolute Gasteiger partial charge is 0.263 e. The van der Waals surface area contributed by atoms with Gasteiger partial charge in [-0.05, 0) is 31.5 Å². The zero-order valence-electron chi connectivity index (χ0n) is 10.5. The number of benzene rings is 1. The molecule has 0 aliphatic heterocycles. The molecule has 1 aromatic heterocycles. The van der Waals surface area contributed by atoms with Crippen LogP contribution < -0.4 is 4.72 Å². The highest BCUT2D eigenvalue weighted by atomic mass is 32.2. The summed E-state index contributed by atoms with van der Waals surface area (Å²) in [6, 6.07) is 6.18. The van der Waals surface area contributed by atoms with Gasteiger partial charge >= 0.3 is 0 Å². The van der Waals surface area contributed by atoms with E-state index in [2.05, 4.69) is 9.71 Å². The van der Waals surface area contributed by atoms with Gasteiger partial charge in [-0.1, -0.05) is 12.1 Å². The number of aliphatic hydroxyl groups excluding tert-OH is 1. The van der Waals surface area contributed by atoms with Crippen molar-refractivity contribution in [3.63, 3.8) is 0 Å². The number of nitrogens with one attached hydrogen (secondary N) is 1. The van der Waals surface area contributed by atoms with Crippen molar-refractivity contribution < 1.29 is 13.5 Å². The van der Waals surface area contributed by atoms with Crippen molar-refractivity contribution >= 4 is 26.5 Å². The van der Waals surface area contributed by atoms with E-state index in [4.69, 9.17) is 5.11 Å². The summed E-state index contributed by atoms with van der Waals surface area (Å²) < 4.78 is 26.8. The molecule has 0 saturated heterocycles. The molecule has 7 heteroatoms. The molecule has 0 saturated carbocycles. The maximum atomic E-state index is 12.2. The first-order valence-electron chi connectivity index (χ1n) is 5.59. The van der Waals surface area contributed by atoms with E-state index >= 15 is 0 Å². The molecule has 2 rings (SSSR count). The Kier molecular flexibility index (Phi) is 3.88. The topological polar surface area (TPSA) is 79.3 Å². The van der Waals surface area contributed by atoms with Crippen LogP contribution in [0.15, 0.2) is 29.2 Å². The number of rotatable bonds is 4. The maximum absolute atomic E-state index is 12.2. The van der Waals surface area contributed by atoms with E-state index in [0.29, 0.717) is 10.7 Å². The number of thiazole rings is 1. The summed E-state index contributed by atoms with van der Waals surface area (Å²) in [5.74, 6) is 0. The fourth-order valence-electron chi connectivity index (χ4n) is 1.50. The summed E-state index contributed by atoms with van der Waals surface area (Å²) >= 11 is 1.30. The Balaban J connectivity index is 2.31. The Morgan fingerprint density at radius 3 is 2.68 bits per heavy atom. The fraction of sp³-hybridized carbons (Fsp3) is 0.250. The highest BCUT2D eigenvalue weighted by molar-refractivity contribution is 7.93. The van der Waals surface area contributed by atoms with Gasteiger partial charge in [0.15, 0.2) is 5.13 Å². The lowest BCUT2D eigenvalue weighted by atomic mass is 10.2. The first kappa shape index (κ1) is 14.0. The van der Waals surface area contributed by atoms with Gasteiger partial charge in [-0.15, -0.1) is 11.3 Å². The molecule has 0 aliphatic carbocycles. The van der Waals surface area contributed by atoms with Crippen molar-refractivity contribution in [2.24, 2.45) is 0 Å². The van der Waals surface area contributed by atoms with Gasteiger partial charge in [0, 0.05) is 4.88 Å². The Morgan fingerprint density at radius 1 is 1.37 bits per heavy atom. The number of aliphatic hydroxyl groups is 1. The summed E-state index contributed by atoms with van der Waals surface area (Å²) in [7, 11) is -3.66. The van der Waals surface area contributed by atoms with Gasteiger partial charge in [0.2, 0.25) is 0 Å². The second-order valence-electron chi connectivity index (χ2n) is 4.07. The number of hydrogen-bond donors (Lipinski definition) is 2. The van der Waals surface area contributed by atoms with E-state index in [1.54, 1.807) is 12.1 Å². The summed E-state index contributed by atoms with van der Waals surface area (Å²) in [6.07, 6.45) is 0. The number of aryl methyl sites for hydroxylation is 2. The molecule has 0 unspecified atom stereocenters. The molecule has 0 bridgehead atoms. The van der Waals surface area contributed by atoms with Crippen LogP contribution in [0.1, 0.15) is 16.1 Å². The van der Waals surface area contributed by atoms with Crippen molar-refractivity contribution in [1.82, 2.24) is 4.98 Å². The first-order valence-corrected chi connectivity index (χ1v) is 7.89. The minimum Gasteiger partial charge on any atom is -0.392 e. The van der Waals surface area contributed by atoms with Crippen LogP contribution in [0.25, 0.3) is 0 Å². The molecule has 19 heavy (non-hydrogen) atoms. The van der Waals surface area contributed by atoms with Crippen LogP contribution in [0, 0.1) is 13.8 Å². The highest BCUT2D eigenvalue weighted by Gasteiger charge is 2.16. The standard InChI is InChI=1S/C12H14N2O3S2/c1-8-9(2)18-12(13-8)14-19(16,17)11-5-3-4-10(6-11)7-15/h3-6,15H,7H2,1-2H3,(H,13,14). The van der Waals surface area contributed by atoms with Crippen molar-refractivity contribution in [1.29, 1.82) is 0 Å². The second kappa shape index (κ2) is 5.28. The molecule has 0 atom stereocenters. The lowest BCUT2D eigenvalue weighted by Crippen LogP contribution is -2.13. The van der Waals surface area contributed by atoms with Crippen molar-refractivity contribution in [2.75, 3.05) is 4.72 Å². The molecule has 102 valence electrons. The molecule has 2 aromatic rings. The number of sulfonamides is 1. The summed E-state index contributed by atoms with van der Waals surface area (Å²) in [5.41, 5.74) is 1.36. The lowest BCUT2D eigenvalue weighted by Gasteiger charge is -2.06. The van der Waals surface area contributed by atoms with Gasteiger partial charge < -0.3 is 5.11 Å². The van der Waals surface area contributed by atoms with E-state index in [9.17, 15) is 8.42 Å². The number of hydrogen-bond acceptors (Lipinski definition) is 5. The third-order valence-electron chi connectivity index (χ3n) is 2.64. The zero-order valence-corrected chi connectivity index (χ0v) is 12.2. The molecule has 0 spiro atoms. The molecule has 0 radical (unpaired) electrons. The second-order valence-corrected chi connectivity index (χ2v) is 6.96. The molecule has 5 nitrogen and oxygen atoms in total. The van der Waals surface area contributed by atoms with Crippen LogP contribution >= 0.6 is 11.3 Å². The van der Waals surface area contributed by atoms with Gasteiger partial charge in [0.05, 0.1) is 17.2 Å². The average Bonchev–Trinajstić information content (AvgIpc) is 2.67. The zero-order chi connectivity index (χ0) is 14.0. The Hall–Kier alpha value is -1.44. The van der Waals surface area contributed by atoms with Crippen molar-refractivity contribution in [2.45, 2.75) is 25.3 Å². The van der Waals surface area contributed by atoms with Gasteiger partial charge in [0.25, 0.3) is 10.0 Å². The van der Waals surface area contributed by atoms with Crippen LogP contribution in [0.5, 0.6) is 0 Å². The summed E-state index contributed by atoms with van der Waals surface area (Å²) in [6.45, 7) is 3.52. The predicted molar refractivity (Wildman–Crippen MR) is 74.8 cm³/mol. The van der Waals surface area contributed by atoms with E-state index in [-0.39, 0.29) is 11.5 Å². The minimum atomic E-state index is -3.66. The normalized spacial score (nSPS) is 11.5. The van der Waals surface area contributed by atoms with Gasteiger partial charge in [-0.25, -0.2) is 13.4 Å². The highest BCUT2D eigenvalue weighted by Crippen LogP contribution is 2.24. The average molecular weight is 298 g/mol. The van der Waals surface area contributed by atoms with E-state index < -0.39 is 10.0 Å². The van der Waals surface area contributed by atoms with Crippen molar-refractivity contribution in [3.05, 3.63) is 40.4 Å². The van der Waals surface area contributed by atoms with Crippen LogP contribution in [0.2, 0.25) is 0 Å². The maximum Gasteiger partial charge on any atom is 0.263 e. The fourth-order valence-corrected chi connectivity index (χ4v) is 3.62. The van der Waals surface area contributed by atoms with Crippen molar-refractivity contribution in [3.8, 4) is 0 Å². The molecule has 0 fully saturated rings. The monoisotopic (exact) mass is 298 g/mol. The lowest BCUT2D eigenvalue weighted by molar-refractivity contribution is 0.281. The van der Waals surface area contributed by atoms with Gasteiger partial charge in [-0.3, -0.25) is 4.72 Å². The summed E-state index contributed by atoms with van der Waals surface area (Å²) in [5, 5.41) is 9.38. The largest absolute Gasteiger partial charge is 0.392 e. The van der Waals surface area contributed by atoms with Crippen LogP contribution in [0.3, 0.4) is 0 Å². The molecule has 2 N–H and O–H groups in total. The third-order valence-corrected chi connectivity index (χ3v) is 5.10. The molecule has 0 aliphatic rings. The minimum absolute atomic E-state index is 0.115. The van der Waals surface area contributed by atoms with E-state index in [1.165, 1.54) is 23.5 Å². The Morgan fingerprint density at radius 2 is 2.11 bits per heavy atom. The first-order chi connectivity index (χ1) is 8.92. The molecule has 0 amide bonds. The third kappa shape index (κ3) is 3.12. The van der Waals surface area contributed by atoms with Crippen LogP contribution in [-0.4, -0.2) is 18.5 Å². The van der Waals surface area contributed by atoms with Crippen LogP contribution in [0.4, 0.5) is 5.13 Å². The van der Waals surface area contributed by atoms with Gasteiger partial charge in [-0.2, -0.15) is 0 Å². The quantitative estimate of drug-likeness (QED) is 0.905.